The van der Waals surface area contributed by atoms with Gasteiger partial charge in [-0.1, -0.05) is 0 Å². The molecule has 7 nitrogen and oxygen atoms in total. The van der Waals surface area contributed by atoms with Gasteiger partial charge in [0.2, 0.25) is 5.91 Å². The van der Waals surface area contributed by atoms with Gasteiger partial charge in [0, 0.05) is 25.9 Å². The van der Waals surface area contributed by atoms with Crippen LogP contribution in [0.15, 0.2) is 23.1 Å². The highest BCUT2D eigenvalue weighted by Gasteiger charge is 2.20. The fourth-order valence-corrected chi connectivity index (χ4v) is 1.33. The van der Waals surface area contributed by atoms with Crippen molar-refractivity contribution in [1.82, 2.24) is 4.57 Å². The maximum absolute atomic E-state index is 11.6. The first kappa shape index (κ1) is 14.9. The van der Waals surface area contributed by atoms with Crippen molar-refractivity contribution in [3.8, 4) is 0 Å². The first-order valence-electron chi connectivity index (χ1n) is 5.68. The van der Waals surface area contributed by atoms with Gasteiger partial charge in [-0.2, -0.15) is 0 Å². The van der Waals surface area contributed by atoms with E-state index < -0.39 is 17.8 Å². The van der Waals surface area contributed by atoms with Crippen LogP contribution in [0.1, 0.15) is 6.92 Å². The van der Waals surface area contributed by atoms with Crippen LogP contribution in [0, 0.1) is 5.92 Å². The molecule has 0 aliphatic rings. The minimum Gasteiger partial charge on any atom is -0.481 e. The summed E-state index contributed by atoms with van der Waals surface area (Å²) in [6.45, 7) is 2.01. The molecule has 0 aromatic carbocycles. The fraction of sp³-hybridized carbons (Fsp3) is 0.417. The number of rotatable bonds is 6. The summed E-state index contributed by atoms with van der Waals surface area (Å²) in [4.78, 5) is 33.7. The summed E-state index contributed by atoms with van der Waals surface area (Å²) in [6, 6.07) is 2.73. The molecule has 1 rings (SSSR count). The molecule has 0 spiro atoms. The number of carbonyl (C=O) groups is 2. The van der Waals surface area contributed by atoms with E-state index in [0.717, 1.165) is 0 Å². The van der Waals surface area contributed by atoms with Gasteiger partial charge in [-0.15, -0.1) is 0 Å². The van der Waals surface area contributed by atoms with Crippen LogP contribution in [0.25, 0.3) is 0 Å². The number of carboxylic acids is 1. The number of amides is 1. The molecule has 0 aliphatic carbocycles. The van der Waals surface area contributed by atoms with Gasteiger partial charge >= 0.3 is 5.97 Å². The number of anilines is 1. The van der Waals surface area contributed by atoms with E-state index in [9.17, 15) is 14.4 Å². The molecule has 1 unspecified atom stereocenters. The SMILES string of the molecule is COCCn1cc(NC(=O)C(C)C(=O)O)ccc1=O. The van der Waals surface area contributed by atoms with Crippen LogP contribution in [0.5, 0.6) is 0 Å². The number of aromatic nitrogens is 1. The van der Waals surface area contributed by atoms with E-state index in [0.29, 0.717) is 18.8 Å². The molecule has 2 N–H and O–H groups in total. The van der Waals surface area contributed by atoms with E-state index >= 15 is 0 Å². The van der Waals surface area contributed by atoms with E-state index in [1.165, 1.54) is 36.9 Å². The van der Waals surface area contributed by atoms with Gasteiger partial charge < -0.3 is 19.7 Å². The number of methoxy groups -OCH3 is 1. The molecule has 1 amide bonds. The second kappa shape index (κ2) is 6.69. The first-order chi connectivity index (χ1) is 8.95. The highest BCUT2D eigenvalue weighted by atomic mass is 16.5. The zero-order chi connectivity index (χ0) is 14.4. The highest BCUT2D eigenvalue weighted by molar-refractivity contribution is 6.03. The van der Waals surface area contributed by atoms with E-state index in [-0.39, 0.29) is 5.56 Å². The van der Waals surface area contributed by atoms with Crippen LogP contribution < -0.4 is 10.9 Å². The maximum Gasteiger partial charge on any atom is 0.315 e. The van der Waals surface area contributed by atoms with E-state index in [4.69, 9.17) is 9.84 Å². The Morgan fingerprint density at radius 2 is 2.16 bits per heavy atom. The Bertz CT molecular complexity index is 523. The predicted molar refractivity (Wildman–Crippen MR) is 68.0 cm³/mol. The molecule has 1 aromatic rings. The lowest BCUT2D eigenvalue weighted by Crippen LogP contribution is -2.28. The molecular weight excluding hydrogens is 252 g/mol. The third kappa shape index (κ3) is 4.22. The Morgan fingerprint density at radius 1 is 1.47 bits per heavy atom. The molecule has 0 bridgehead atoms. The fourth-order valence-electron chi connectivity index (χ4n) is 1.33. The number of hydrogen-bond acceptors (Lipinski definition) is 4. The normalized spacial score (nSPS) is 11.9. The van der Waals surface area contributed by atoms with Crippen LogP contribution in [0.4, 0.5) is 5.69 Å². The average molecular weight is 268 g/mol. The van der Waals surface area contributed by atoms with Gasteiger partial charge in [-0.25, -0.2) is 0 Å². The van der Waals surface area contributed by atoms with Crippen molar-refractivity contribution >= 4 is 17.6 Å². The highest BCUT2D eigenvalue weighted by Crippen LogP contribution is 2.06. The van der Waals surface area contributed by atoms with E-state index in [1.807, 2.05) is 0 Å². The molecule has 7 heteroatoms. The lowest BCUT2D eigenvalue weighted by molar-refractivity contribution is -0.144. The van der Waals surface area contributed by atoms with Gasteiger partial charge in [-0.05, 0) is 13.0 Å². The third-order valence-electron chi connectivity index (χ3n) is 2.55. The Kier molecular flexibility index (Phi) is 5.25. The van der Waals surface area contributed by atoms with Crippen molar-refractivity contribution < 1.29 is 19.4 Å². The number of hydrogen-bond donors (Lipinski definition) is 2. The number of pyridine rings is 1. The Balaban J connectivity index is 2.82. The van der Waals surface area contributed by atoms with Crippen molar-refractivity contribution in [3.63, 3.8) is 0 Å². The molecule has 104 valence electrons. The van der Waals surface area contributed by atoms with Crippen LogP contribution in [0.3, 0.4) is 0 Å². The zero-order valence-electron chi connectivity index (χ0n) is 10.8. The minimum atomic E-state index is -1.20. The molecule has 0 radical (unpaired) electrons. The molecule has 1 aromatic heterocycles. The summed E-state index contributed by atoms with van der Waals surface area (Å²) in [5, 5.41) is 11.2. The minimum absolute atomic E-state index is 0.221. The van der Waals surface area contributed by atoms with E-state index in [2.05, 4.69) is 5.32 Å². The summed E-state index contributed by atoms with van der Waals surface area (Å²) < 4.78 is 6.25. The molecule has 0 aliphatic heterocycles. The lowest BCUT2D eigenvalue weighted by Gasteiger charge is -2.10. The summed E-state index contributed by atoms with van der Waals surface area (Å²) in [7, 11) is 1.52. The molecule has 0 saturated carbocycles. The largest absolute Gasteiger partial charge is 0.481 e. The van der Waals surface area contributed by atoms with Crippen molar-refractivity contribution in [2.24, 2.45) is 5.92 Å². The van der Waals surface area contributed by atoms with Gasteiger partial charge in [0.15, 0.2) is 0 Å². The lowest BCUT2D eigenvalue weighted by atomic mass is 10.1. The number of nitrogens with zero attached hydrogens (tertiary/aromatic N) is 1. The average Bonchev–Trinajstić information content (AvgIpc) is 2.38. The number of nitrogens with one attached hydrogen (secondary N) is 1. The van der Waals surface area contributed by atoms with Crippen molar-refractivity contribution in [1.29, 1.82) is 0 Å². The van der Waals surface area contributed by atoms with Crippen molar-refractivity contribution in [3.05, 3.63) is 28.7 Å². The summed E-state index contributed by atoms with van der Waals surface area (Å²) in [5.41, 5.74) is 0.148. The van der Waals surface area contributed by atoms with Gasteiger partial charge in [-0.3, -0.25) is 14.4 Å². The van der Waals surface area contributed by atoms with Crippen LogP contribution in [-0.2, 0) is 20.9 Å². The zero-order valence-corrected chi connectivity index (χ0v) is 10.8. The van der Waals surface area contributed by atoms with Crippen LogP contribution in [-0.4, -0.2) is 35.3 Å². The monoisotopic (exact) mass is 268 g/mol. The Hall–Kier alpha value is -2.15. The summed E-state index contributed by atoms with van der Waals surface area (Å²) in [6.07, 6.45) is 1.45. The summed E-state index contributed by atoms with van der Waals surface area (Å²) >= 11 is 0. The Morgan fingerprint density at radius 3 is 2.74 bits per heavy atom. The summed E-state index contributed by atoms with van der Waals surface area (Å²) in [5.74, 6) is -2.99. The molecule has 19 heavy (non-hydrogen) atoms. The first-order valence-corrected chi connectivity index (χ1v) is 5.68. The number of carbonyl (C=O) groups excluding carboxylic acids is 1. The maximum atomic E-state index is 11.6. The molecule has 0 saturated heterocycles. The molecule has 1 heterocycles. The third-order valence-corrected chi connectivity index (χ3v) is 2.55. The van der Waals surface area contributed by atoms with Crippen LogP contribution in [0.2, 0.25) is 0 Å². The second-order valence-electron chi connectivity index (χ2n) is 3.99. The van der Waals surface area contributed by atoms with Crippen LogP contribution >= 0.6 is 0 Å². The molecular formula is C12H16N2O5. The van der Waals surface area contributed by atoms with Crippen molar-refractivity contribution in [2.45, 2.75) is 13.5 Å². The topological polar surface area (TPSA) is 97.6 Å². The second-order valence-corrected chi connectivity index (χ2v) is 3.99. The number of aliphatic carboxylic acids is 1. The van der Waals surface area contributed by atoms with Gasteiger partial charge in [0.25, 0.3) is 5.56 Å². The van der Waals surface area contributed by atoms with E-state index in [1.54, 1.807) is 0 Å². The quantitative estimate of drug-likeness (QED) is 0.716. The molecule has 0 fully saturated rings. The standard InChI is InChI=1S/C12H16N2O5/c1-8(12(17)18)11(16)13-9-3-4-10(15)14(7-9)5-6-19-2/h3-4,7-8H,5-6H2,1-2H3,(H,13,16)(H,17,18). The Labute approximate surface area is 109 Å². The van der Waals surface area contributed by atoms with Gasteiger partial charge in [0.05, 0.1) is 12.3 Å². The number of carboxylic acid groups (broad SMARTS) is 1. The number of ether oxygens (including phenoxy) is 1. The van der Waals surface area contributed by atoms with Gasteiger partial charge in [0.1, 0.15) is 5.92 Å². The van der Waals surface area contributed by atoms with Crippen molar-refractivity contribution in [2.75, 3.05) is 19.0 Å². The molecule has 1 atom stereocenters. The predicted octanol–water partition coefficient (Wildman–Crippen LogP) is 0.154. The smallest absolute Gasteiger partial charge is 0.315 e.